The highest BCUT2D eigenvalue weighted by Crippen LogP contribution is 2.13. The Hall–Kier alpha value is -0.890. The van der Waals surface area contributed by atoms with E-state index in [1.807, 2.05) is 0 Å². The normalized spacial score (nSPS) is 22.8. The number of aliphatic carboxylic acids is 1. The first kappa shape index (κ1) is 18.1. The van der Waals surface area contributed by atoms with E-state index in [-0.39, 0.29) is 6.67 Å². The molecule has 0 unspecified atom stereocenters. The van der Waals surface area contributed by atoms with Gasteiger partial charge in [-0.05, 0) is 25.4 Å². The molecule has 19 heavy (non-hydrogen) atoms. The summed E-state index contributed by atoms with van der Waals surface area (Å²) in [6.07, 6.45) is -3.23. The highest BCUT2D eigenvalue weighted by molar-refractivity contribution is 5.73. The molecule has 0 saturated carbocycles. The van der Waals surface area contributed by atoms with E-state index in [9.17, 15) is 17.6 Å². The molecule has 1 heterocycles. The van der Waals surface area contributed by atoms with Gasteiger partial charge in [-0.25, -0.2) is 4.79 Å². The van der Waals surface area contributed by atoms with Gasteiger partial charge in [0.15, 0.2) is 0 Å². The number of alkyl halides is 4. The van der Waals surface area contributed by atoms with Gasteiger partial charge in [-0.1, -0.05) is 13.3 Å². The number of rotatable bonds is 5. The van der Waals surface area contributed by atoms with Gasteiger partial charge in [0.2, 0.25) is 0 Å². The fraction of sp³-hybridized carbons (Fsp3) is 0.909. The predicted molar refractivity (Wildman–Crippen MR) is 62.7 cm³/mol. The fourth-order valence-corrected chi connectivity index (χ4v) is 1.76. The fourth-order valence-electron chi connectivity index (χ4n) is 1.76. The van der Waals surface area contributed by atoms with Crippen molar-refractivity contribution in [2.75, 3.05) is 26.3 Å². The van der Waals surface area contributed by atoms with Crippen LogP contribution >= 0.6 is 0 Å². The maximum absolute atomic E-state index is 11.8. The second kappa shape index (κ2) is 9.08. The molecule has 1 saturated heterocycles. The zero-order valence-electron chi connectivity index (χ0n) is 10.8. The Labute approximate surface area is 109 Å². The lowest BCUT2D eigenvalue weighted by Gasteiger charge is -2.17. The average molecular weight is 288 g/mol. The lowest BCUT2D eigenvalue weighted by molar-refractivity contribution is -0.192. The van der Waals surface area contributed by atoms with Gasteiger partial charge in [-0.2, -0.15) is 13.2 Å². The van der Waals surface area contributed by atoms with Crippen LogP contribution in [0.2, 0.25) is 0 Å². The van der Waals surface area contributed by atoms with Crippen molar-refractivity contribution in [1.82, 2.24) is 10.6 Å². The molecule has 0 aromatic rings. The van der Waals surface area contributed by atoms with Crippen LogP contribution in [-0.4, -0.2) is 49.6 Å². The third kappa shape index (κ3) is 7.99. The minimum atomic E-state index is -5.08. The van der Waals surface area contributed by atoms with Crippen molar-refractivity contribution in [2.45, 2.75) is 32.0 Å². The van der Waals surface area contributed by atoms with Crippen LogP contribution in [0.15, 0.2) is 0 Å². The summed E-state index contributed by atoms with van der Waals surface area (Å²) in [5, 5.41) is 13.9. The first-order chi connectivity index (χ1) is 8.82. The van der Waals surface area contributed by atoms with Gasteiger partial charge in [-0.3, -0.25) is 4.39 Å². The molecule has 8 heteroatoms. The standard InChI is InChI=1S/C9H19FN2.C2HF3O2/c1-2-8-6-11-7-9(8)12-5-3-4-10;3-2(4,5)1(6)7/h8-9,11-12H,2-7H2,1H3;(H,6,7)/t8-,9+;/m1./s1. The molecule has 0 radical (unpaired) electrons. The van der Waals surface area contributed by atoms with Crippen molar-refractivity contribution in [2.24, 2.45) is 5.92 Å². The highest BCUT2D eigenvalue weighted by atomic mass is 19.4. The number of hydrogen-bond donors (Lipinski definition) is 3. The van der Waals surface area contributed by atoms with Crippen molar-refractivity contribution in [3.05, 3.63) is 0 Å². The molecule has 1 aliphatic rings. The van der Waals surface area contributed by atoms with Gasteiger partial charge in [-0.15, -0.1) is 0 Å². The Kier molecular flexibility index (Phi) is 8.66. The molecule has 0 amide bonds. The van der Waals surface area contributed by atoms with E-state index in [1.165, 1.54) is 6.42 Å². The van der Waals surface area contributed by atoms with Gasteiger partial charge in [0.25, 0.3) is 0 Å². The highest BCUT2D eigenvalue weighted by Gasteiger charge is 2.38. The summed E-state index contributed by atoms with van der Waals surface area (Å²) in [4.78, 5) is 8.90. The number of halogens is 4. The van der Waals surface area contributed by atoms with Gasteiger partial charge in [0, 0.05) is 12.6 Å². The molecular weight excluding hydrogens is 268 g/mol. The summed E-state index contributed by atoms with van der Waals surface area (Å²) in [5.41, 5.74) is 0. The van der Waals surface area contributed by atoms with Crippen LogP contribution in [0.25, 0.3) is 0 Å². The smallest absolute Gasteiger partial charge is 0.475 e. The van der Waals surface area contributed by atoms with Crippen molar-refractivity contribution in [3.63, 3.8) is 0 Å². The number of nitrogens with one attached hydrogen (secondary N) is 2. The monoisotopic (exact) mass is 288 g/mol. The Bertz CT molecular complexity index is 262. The second-order valence-corrected chi connectivity index (χ2v) is 4.23. The summed E-state index contributed by atoms with van der Waals surface area (Å²) in [7, 11) is 0. The zero-order valence-corrected chi connectivity index (χ0v) is 10.8. The van der Waals surface area contributed by atoms with Crippen LogP contribution in [0.4, 0.5) is 17.6 Å². The van der Waals surface area contributed by atoms with Crippen LogP contribution in [-0.2, 0) is 4.79 Å². The molecule has 1 fully saturated rings. The van der Waals surface area contributed by atoms with E-state index in [2.05, 4.69) is 17.6 Å². The molecule has 0 aromatic carbocycles. The number of hydrogen-bond acceptors (Lipinski definition) is 3. The summed E-state index contributed by atoms with van der Waals surface area (Å²) in [6.45, 7) is 4.99. The molecule has 0 bridgehead atoms. The summed E-state index contributed by atoms with van der Waals surface area (Å²) in [6, 6.07) is 0.571. The van der Waals surface area contributed by atoms with E-state index in [4.69, 9.17) is 9.90 Å². The molecule has 0 aromatic heterocycles. The SMILES string of the molecule is CC[C@@H]1CNC[C@@H]1NCCCF.O=C(O)C(F)(F)F. The van der Waals surface area contributed by atoms with E-state index in [0.29, 0.717) is 12.5 Å². The number of carbonyl (C=O) groups is 1. The lowest BCUT2D eigenvalue weighted by atomic mass is 10.0. The van der Waals surface area contributed by atoms with Crippen LogP contribution in [0.3, 0.4) is 0 Å². The summed E-state index contributed by atoms with van der Waals surface area (Å²) in [5.74, 6) is -2.02. The van der Waals surface area contributed by atoms with Crippen molar-refractivity contribution < 1.29 is 27.5 Å². The molecule has 4 nitrogen and oxygen atoms in total. The van der Waals surface area contributed by atoms with Gasteiger partial charge >= 0.3 is 12.1 Å². The number of carboxylic acids is 1. The van der Waals surface area contributed by atoms with Crippen molar-refractivity contribution >= 4 is 5.97 Å². The van der Waals surface area contributed by atoms with Crippen LogP contribution in [0, 0.1) is 5.92 Å². The molecular formula is C11H20F4N2O2. The third-order valence-electron chi connectivity index (χ3n) is 2.82. The molecule has 1 aliphatic heterocycles. The Morgan fingerprint density at radius 3 is 2.42 bits per heavy atom. The quantitative estimate of drug-likeness (QED) is 0.531. The van der Waals surface area contributed by atoms with Crippen LogP contribution < -0.4 is 10.6 Å². The lowest BCUT2D eigenvalue weighted by Crippen LogP contribution is -2.36. The maximum atomic E-state index is 11.8. The predicted octanol–water partition coefficient (Wildman–Crippen LogP) is 1.57. The van der Waals surface area contributed by atoms with E-state index in [0.717, 1.165) is 25.6 Å². The van der Waals surface area contributed by atoms with E-state index in [1.54, 1.807) is 0 Å². The Balaban J connectivity index is 0.000000399. The van der Waals surface area contributed by atoms with Gasteiger partial charge in [0.1, 0.15) is 0 Å². The third-order valence-corrected chi connectivity index (χ3v) is 2.82. The van der Waals surface area contributed by atoms with Gasteiger partial charge in [0.05, 0.1) is 6.67 Å². The topological polar surface area (TPSA) is 61.4 Å². The molecule has 0 spiro atoms. The van der Waals surface area contributed by atoms with E-state index < -0.39 is 12.1 Å². The van der Waals surface area contributed by atoms with Crippen LogP contribution in [0.1, 0.15) is 19.8 Å². The zero-order chi connectivity index (χ0) is 14.9. The molecule has 114 valence electrons. The van der Waals surface area contributed by atoms with Gasteiger partial charge < -0.3 is 15.7 Å². The average Bonchev–Trinajstić information content (AvgIpc) is 2.76. The maximum Gasteiger partial charge on any atom is 0.490 e. The molecule has 3 N–H and O–H groups in total. The summed E-state index contributed by atoms with van der Waals surface area (Å²) >= 11 is 0. The van der Waals surface area contributed by atoms with Crippen LogP contribution in [0.5, 0.6) is 0 Å². The molecule has 1 rings (SSSR count). The Morgan fingerprint density at radius 2 is 2.00 bits per heavy atom. The minimum Gasteiger partial charge on any atom is -0.475 e. The second-order valence-electron chi connectivity index (χ2n) is 4.23. The minimum absolute atomic E-state index is 0.204. The first-order valence-electron chi connectivity index (χ1n) is 6.13. The Morgan fingerprint density at radius 1 is 1.42 bits per heavy atom. The summed E-state index contributed by atoms with van der Waals surface area (Å²) < 4.78 is 43.5. The van der Waals surface area contributed by atoms with Crippen molar-refractivity contribution in [3.8, 4) is 0 Å². The molecule has 0 aliphatic carbocycles. The van der Waals surface area contributed by atoms with E-state index >= 15 is 0 Å². The molecule has 2 atom stereocenters. The largest absolute Gasteiger partial charge is 0.490 e. The first-order valence-corrected chi connectivity index (χ1v) is 6.13. The number of carboxylic acid groups (broad SMARTS) is 1. The van der Waals surface area contributed by atoms with Crippen molar-refractivity contribution in [1.29, 1.82) is 0 Å².